The molecule has 1 saturated carbocycles. The van der Waals surface area contributed by atoms with Crippen molar-refractivity contribution in [2.75, 3.05) is 45.8 Å². The highest BCUT2D eigenvalue weighted by molar-refractivity contribution is 5.88. The first kappa shape index (κ1) is 17.7. The number of amides is 2. The van der Waals surface area contributed by atoms with Crippen molar-refractivity contribution in [2.45, 2.75) is 51.6 Å². The molecular weight excluding hydrogens is 304 g/mol. The topological polar surface area (TPSA) is 55.9 Å². The van der Waals surface area contributed by atoms with E-state index in [1.165, 1.54) is 0 Å². The second-order valence-corrected chi connectivity index (χ2v) is 7.56. The zero-order valence-corrected chi connectivity index (χ0v) is 15.2. The summed E-state index contributed by atoms with van der Waals surface area (Å²) in [5, 5.41) is 2.92. The summed E-state index contributed by atoms with van der Waals surface area (Å²) in [5.41, 5.74) is 0. The van der Waals surface area contributed by atoms with Crippen LogP contribution in [0.25, 0.3) is 0 Å². The summed E-state index contributed by atoms with van der Waals surface area (Å²) < 4.78 is 0. The Bertz CT molecular complexity index is 458. The van der Waals surface area contributed by atoms with E-state index in [1.807, 2.05) is 11.8 Å². The number of nitrogens with one attached hydrogen (secondary N) is 1. The van der Waals surface area contributed by atoms with Gasteiger partial charge in [0.2, 0.25) is 11.8 Å². The summed E-state index contributed by atoms with van der Waals surface area (Å²) in [4.78, 5) is 31.6. The van der Waals surface area contributed by atoms with Gasteiger partial charge in [0.1, 0.15) is 6.04 Å². The van der Waals surface area contributed by atoms with Crippen molar-refractivity contribution >= 4 is 11.8 Å². The summed E-state index contributed by atoms with van der Waals surface area (Å²) in [6.45, 7) is 11.3. The van der Waals surface area contributed by atoms with E-state index in [2.05, 4.69) is 22.0 Å². The molecule has 6 nitrogen and oxygen atoms in total. The van der Waals surface area contributed by atoms with Gasteiger partial charge in [-0.3, -0.25) is 14.5 Å². The van der Waals surface area contributed by atoms with Gasteiger partial charge in [0.25, 0.3) is 0 Å². The lowest BCUT2D eigenvalue weighted by molar-refractivity contribution is -0.137. The Morgan fingerprint density at radius 2 is 1.79 bits per heavy atom. The van der Waals surface area contributed by atoms with Gasteiger partial charge in [-0.25, -0.2) is 0 Å². The van der Waals surface area contributed by atoms with Crippen LogP contribution in [0.3, 0.4) is 0 Å². The van der Waals surface area contributed by atoms with Crippen molar-refractivity contribution in [3.05, 3.63) is 0 Å². The van der Waals surface area contributed by atoms with E-state index >= 15 is 0 Å². The molecule has 3 aliphatic rings. The Morgan fingerprint density at radius 1 is 1.08 bits per heavy atom. The number of carbonyl (C=O) groups excluding carboxylic acids is 2. The van der Waals surface area contributed by atoms with Crippen LogP contribution in [0.15, 0.2) is 0 Å². The molecule has 0 aromatic carbocycles. The Hall–Kier alpha value is -1.14. The lowest BCUT2D eigenvalue weighted by Gasteiger charge is -2.37. The van der Waals surface area contributed by atoms with Gasteiger partial charge in [-0.15, -0.1) is 0 Å². The summed E-state index contributed by atoms with van der Waals surface area (Å²) in [5.74, 6) is 0.285. The quantitative estimate of drug-likeness (QED) is 0.796. The van der Waals surface area contributed by atoms with Crippen molar-refractivity contribution in [3.8, 4) is 0 Å². The first-order valence-electron chi connectivity index (χ1n) is 9.64. The molecule has 2 unspecified atom stereocenters. The van der Waals surface area contributed by atoms with Crippen LogP contribution in [0.2, 0.25) is 0 Å². The molecule has 0 bridgehead atoms. The molecule has 2 amide bonds. The molecule has 24 heavy (non-hydrogen) atoms. The first-order valence-corrected chi connectivity index (χ1v) is 9.64. The van der Waals surface area contributed by atoms with Crippen LogP contribution in [0.1, 0.15) is 39.5 Å². The van der Waals surface area contributed by atoms with Crippen LogP contribution in [0.5, 0.6) is 0 Å². The fourth-order valence-electron chi connectivity index (χ4n) is 4.02. The minimum atomic E-state index is -0.395. The molecule has 0 radical (unpaired) electrons. The highest BCUT2D eigenvalue weighted by Crippen LogP contribution is 2.26. The smallest absolute Gasteiger partial charge is 0.244 e. The average Bonchev–Trinajstić information content (AvgIpc) is 3.02. The number of hydrogen-bond acceptors (Lipinski definition) is 4. The second kappa shape index (κ2) is 7.83. The molecule has 0 aromatic heterocycles. The number of carbonyl (C=O) groups is 2. The van der Waals surface area contributed by atoms with E-state index in [4.69, 9.17) is 0 Å². The molecule has 6 heteroatoms. The van der Waals surface area contributed by atoms with Crippen molar-refractivity contribution in [1.82, 2.24) is 20.0 Å². The van der Waals surface area contributed by atoms with E-state index < -0.39 is 6.04 Å². The number of hydrogen-bond donors (Lipinski definition) is 1. The van der Waals surface area contributed by atoms with Gasteiger partial charge < -0.3 is 15.1 Å². The van der Waals surface area contributed by atoms with Crippen LogP contribution in [-0.2, 0) is 9.59 Å². The normalized spacial score (nSPS) is 27.8. The number of rotatable bonds is 5. The van der Waals surface area contributed by atoms with E-state index in [0.717, 1.165) is 71.5 Å². The predicted octanol–water partition coefficient (Wildman–Crippen LogP) is 0.530. The second-order valence-electron chi connectivity index (χ2n) is 7.56. The molecule has 3 fully saturated rings. The molecule has 2 saturated heterocycles. The SMILES string of the molecule is CCN1CCN(C2CCN(C(=O)C(C)NC(=O)C3CCC3)C2)CC1. The number of likely N-dealkylation sites (N-methyl/N-ethyl adjacent to an activating group) is 1. The van der Waals surface area contributed by atoms with Gasteiger partial charge in [-0.1, -0.05) is 13.3 Å². The first-order chi connectivity index (χ1) is 11.6. The molecule has 0 aromatic rings. The van der Waals surface area contributed by atoms with Gasteiger partial charge in [-0.2, -0.15) is 0 Å². The fourth-order valence-corrected chi connectivity index (χ4v) is 4.02. The molecule has 0 spiro atoms. The van der Waals surface area contributed by atoms with Gasteiger partial charge in [0, 0.05) is 51.2 Å². The third kappa shape index (κ3) is 3.91. The monoisotopic (exact) mass is 336 g/mol. The van der Waals surface area contributed by atoms with Gasteiger partial charge in [0.05, 0.1) is 0 Å². The lowest BCUT2D eigenvalue weighted by Crippen LogP contribution is -2.52. The van der Waals surface area contributed by atoms with Crippen molar-refractivity contribution in [3.63, 3.8) is 0 Å². The average molecular weight is 336 g/mol. The third-order valence-electron chi connectivity index (χ3n) is 6.05. The number of likely N-dealkylation sites (tertiary alicyclic amines) is 1. The maximum Gasteiger partial charge on any atom is 0.244 e. The van der Waals surface area contributed by atoms with E-state index in [9.17, 15) is 9.59 Å². The standard InChI is InChI=1S/C18H32N4O2/c1-3-20-9-11-21(12-10-20)16-7-8-22(13-16)18(24)14(2)19-17(23)15-5-4-6-15/h14-16H,3-13H2,1-2H3,(H,19,23). The van der Waals surface area contributed by atoms with Crippen molar-refractivity contribution in [1.29, 1.82) is 0 Å². The molecular formula is C18H32N4O2. The molecule has 3 rings (SSSR count). The van der Waals surface area contributed by atoms with Crippen LogP contribution < -0.4 is 5.32 Å². The maximum atomic E-state index is 12.6. The molecule has 1 aliphatic carbocycles. The minimum Gasteiger partial charge on any atom is -0.344 e. The summed E-state index contributed by atoms with van der Waals surface area (Å²) in [7, 11) is 0. The van der Waals surface area contributed by atoms with E-state index in [1.54, 1.807) is 0 Å². The van der Waals surface area contributed by atoms with Crippen LogP contribution in [0.4, 0.5) is 0 Å². The molecule has 136 valence electrons. The zero-order chi connectivity index (χ0) is 17.1. The molecule has 2 atom stereocenters. The van der Waals surface area contributed by atoms with E-state index in [-0.39, 0.29) is 17.7 Å². The Morgan fingerprint density at radius 3 is 2.38 bits per heavy atom. The summed E-state index contributed by atoms with van der Waals surface area (Å²) in [6.07, 6.45) is 4.14. The van der Waals surface area contributed by atoms with Crippen LogP contribution in [0, 0.1) is 5.92 Å². The Labute approximate surface area is 145 Å². The van der Waals surface area contributed by atoms with E-state index in [0.29, 0.717) is 6.04 Å². The maximum absolute atomic E-state index is 12.6. The third-order valence-corrected chi connectivity index (χ3v) is 6.05. The van der Waals surface area contributed by atoms with Gasteiger partial charge in [0.15, 0.2) is 0 Å². The molecule has 1 N–H and O–H groups in total. The van der Waals surface area contributed by atoms with Gasteiger partial charge >= 0.3 is 0 Å². The minimum absolute atomic E-state index is 0.0635. The number of nitrogens with zero attached hydrogens (tertiary/aromatic N) is 3. The van der Waals surface area contributed by atoms with Gasteiger partial charge in [-0.05, 0) is 32.7 Å². The Kier molecular flexibility index (Phi) is 5.76. The summed E-state index contributed by atoms with van der Waals surface area (Å²) in [6, 6.07) is 0.0938. The molecule has 2 aliphatic heterocycles. The van der Waals surface area contributed by atoms with Crippen LogP contribution in [-0.4, -0.2) is 84.4 Å². The largest absolute Gasteiger partial charge is 0.344 e. The van der Waals surface area contributed by atoms with Crippen molar-refractivity contribution in [2.24, 2.45) is 5.92 Å². The number of piperazine rings is 1. The highest BCUT2D eigenvalue weighted by atomic mass is 16.2. The zero-order valence-electron chi connectivity index (χ0n) is 15.2. The fraction of sp³-hybridized carbons (Fsp3) is 0.889. The highest BCUT2D eigenvalue weighted by Gasteiger charge is 2.34. The molecule has 2 heterocycles. The summed E-state index contributed by atoms with van der Waals surface area (Å²) >= 11 is 0. The Balaban J connectivity index is 1.44. The van der Waals surface area contributed by atoms with Crippen LogP contribution >= 0.6 is 0 Å². The predicted molar refractivity (Wildman–Crippen MR) is 93.6 cm³/mol. The van der Waals surface area contributed by atoms with Crippen molar-refractivity contribution < 1.29 is 9.59 Å². The lowest BCUT2D eigenvalue weighted by atomic mass is 9.84.